The fourth-order valence-corrected chi connectivity index (χ4v) is 4.02. The molecule has 0 aliphatic rings. The van der Waals surface area contributed by atoms with Crippen molar-refractivity contribution in [2.45, 2.75) is 39.8 Å². The highest BCUT2D eigenvalue weighted by Gasteiger charge is 2.19. The summed E-state index contributed by atoms with van der Waals surface area (Å²) in [7, 11) is 0. The summed E-state index contributed by atoms with van der Waals surface area (Å²) in [5.41, 5.74) is 5.04. The van der Waals surface area contributed by atoms with E-state index in [2.05, 4.69) is 48.0 Å². The largest absolute Gasteiger partial charge is 0.494 e. The number of para-hydroxylation sites is 2. The van der Waals surface area contributed by atoms with Crippen LogP contribution in [0, 0.1) is 13.8 Å². The molecule has 4 aromatic rings. The first-order valence-electron chi connectivity index (χ1n) is 11.0. The van der Waals surface area contributed by atoms with Gasteiger partial charge in [0.1, 0.15) is 11.6 Å². The number of nitrogens with zero attached hydrogens (tertiary/aromatic N) is 2. The molecule has 5 heteroatoms. The third-order valence-corrected chi connectivity index (χ3v) is 5.44. The standard InChI is InChI=1S/C27H29N3O2/c1-19-16-20(2)18-23(17-19)32-15-9-14-30-25-13-8-7-12-24(25)29-26(30)21(3)28-27(31)22-10-5-4-6-11-22/h4-8,10-13,16-18,21H,9,14-15H2,1-3H3,(H,28,31). The van der Waals surface area contributed by atoms with Gasteiger partial charge in [-0.15, -0.1) is 0 Å². The summed E-state index contributed by atoms with van der Waals surface area (Å²) in [6.45, 7) is 7.50. The van der Waals surface area contributed by atoms with Crippen molar-refractivity contribution in [3.63, 3.8) is 0 Å². The number of amides is 1. The van der Waals surface area contributed by atoms with E-state index in [1.165, 1.54) is 11.1 Å². The highest BCUT2D eigenvalue weighted by molar-refractivity contribution is 5.94. The van der Waals surface area contributed by atoms with Gasteiger partial charge in [-0.25, -0.2) is 4.98 Å². The van der Waals surface area contributed by atoms with Crippen LogP contribution in [0.5, 0.6) is 5.75 Å². The number of carbonyl (C=O) groups excluding carboxylic acids is 1. The fraction of sp³-hybridized carbons (Fsp3) is 0.259. The Morgan fingerprint density at radius 2 is 1.69 bits per heavy atom. The maximum atomic E-state index is 12.7. The number of ether oxygens (including phenoxy) is 1. The van der Waals surface area contributed by atoms with Crippen LogP contribution in [0.15, 0.2) is 72.8 Å². The van der Waals surface area contributed by atoms with Gasteiger partial charge in [0.15, 0.2) is 0 Å². The van der Waals surface area contributed by atoms with Crippen LogP contribution in [0.1, 0.15) is 46.7 Å². The average Bonchev–Trinajstić information content (AvgIpc) is 3.15. The van der Waals surface area contributed by atoms with Gasteiger partial charge in [-0.05, 0) is 74.7 Å². The third kappa shape index (κ3) is 4.99. The van der Waals surface area contributed by atoms with Gasteiger partial charge in [0.2, 0.25) is 0 Å². The molecule has 1 N–H and O–H groups in total. The molecule has 1 amide bonds. The average molecular weight is 428 g/mol. The fourth-order valence-electron chi connectivity index (χ4n) is 4.02. The maximum absolute atomic E-state index is 12.7. The maximum Gasteiger partial charge on any atom is 0.251 e. The molecule has 4 rings (SSSR count). The summed E-state index contributed by atoms with van der Waals surface area (Å²) in [6, 6.07) is 23.4. The van der Waals surface area contributed by atoms with E-state index < -0.39 is 0 Å². The SMILES string of the molecule is Cc1cc(C)cc(OCCCn2c(C(C)NC(=O)c3ccccc3)nc3ccccc32)c1. The van der Waals surface area contributed by atoms with Gasteiger partial charge >= 0.3 is 0 Å². The molecule has 1 atom stereocenters. The summed E-state index contributed by atoms with van der Waals surface area (Å²) in [6.07, 6.45) is 0.833. The van der Waals surface area contributed by atoms with Gasteiger partial charge in [0.25, 0.3) is 5.91 Å². The molecule has 0 bridgehead atoms. The summed E-state index contributed by atoms with van der Waals surface area (Å²) < 4.78 is 8.19. The molecule has 0 saturated carbocycles. The Hall–Kier alpha value is -3.60. The van der Waals surface area contributed by atoms with E-state index >= 15 is 0 Å². The van der Waals surface area contributed by atoms with E-state index in [9.17, 15) is 4.79 Å². The Morgan fingerprint density at radius 3 is 2.44 bits per heavy atom. The van der Waals surface area contributed by atoms with E-state index in [0.717, 1.165) is 35.6 Å². The zero-order valence-corrected chi connectivity index (χ0v) is 18.8. The van der Waals surface area contributed by atoms with E-state index in [0.29, 0.717) is 12.2 Å². The van der Waals surface area contributed by atoms with Crippen LogP contribution in [0.25, 0.3) is 11.0 Å². The van der Waals surface area contributed by atoms with Crippen molar-refractivity contribution >= 4 is 16.9 Å². The van der Waals surface area contributed by atoms with Crippen LogP contribution in [0.2, 0.25) is 0 Å². The molecule has 0 fully saturated rings. The van der Waals surface area contributed by atoms with Crippen molar-refractivity contribution < 1.29 is 9.53 Å². The Labute approximate surface area is 189 Å². The summed E-state index contributed by atoms with van der Waals surface area (Å²) in [5.74, 6) is 1.65. The molecule has 0 saturated heterocycles. The van der Waals surface area contributed by atoms with E-state index in [1.807, 2.05) is 55.5 Å². The molecule has 1 heterocycles. The van der Waals surface area contributed by atoms with Crippen LogP contribution >= 0.6 is 0 Å². The van der Waals surface area contributed by atoms with Crippen LogP contribution < -0.4 is 10.1 Å². The zero-order chi connectivity index (χ0) is 22.5. The molecule has 1 aromatic heterocycles. The highest BCUT2D eigenvalue weighted by atomic mass is 16.5. The first-order chi connectivity index (χ1) is 15.5. The molecular weight excluding hydrogens is 398 g/mol. The predicted molar refractivity (Wildman–Crippen MR) is 128 cm³/mol. The Morgan fingerprint density at radius 1 is 1.00 bits per heavy atom. The molecule has 0 spiro atoms. The number of benzene rings is 3. The van der Waals surface area contributed by atoms with E-state index in [1.54, 1.807) is 0 Å². The van der Waals surface area contributed by atoms with E-state index in [-0.39, 0.29) is 11.9 Å². The Kier molecular flexibility index (Phi) is 6.55. The van der Waals surface area contributed by atoms with Crippen LogP contribution in [0.4, 0.5) is 0 Å². The van der Waals surface area contributed by atoms with Crippen molar-refractivity contribution in [1.82, 2.24) is 14.9 Å². The van der Waals surface area contributed by atoms with Gasteiger partial charge in [-0.2, -0.15) is 0 Å². The first kappa shape index (κ1) is 21.6. The number of fused-ring (bicyclic) bond motifs is 1. The number of aromatic nitrogens is 2. The van der Waals surface area contributed by atoms with Crippen molar-refractivity contribution in [3.05, 3.63) is 95.3 Å². The molecular formula is C27H29N3O2. The van der Waals surface area contributed by atoms with Gasteiger partial charge in [0.05, 0.1) is 23.7 Å². The summed E-state index contributed by atoms with van der Waals surface area (Å²) in [4.78, 5) is 17.5. The van der Waals surface area contributed by atoms with Crippen molar-refractivity contribution in [2.24, 2.45) is 0 Å². The van der Waals surface area contributed by atoms with Gasteiger partial charge in [0, 0.05) is 12.1 Å². The molecule has 0 aliphatic heterocycles. The monoisotopic (exact) mass is 427 g/mol. The molecule has 164 valence electrons. The number of imidazole rings is 1. The second kappa shape index (κ2) is 9.69. The smallest absolute Gasteiger partial charge is 0.251 e. The minimum atomic E-state index is -0.226. The van der Waals surface area contributed by atoms with Crippen molar-refractivity contribution in [2.75, 3.05) is 6.61 Å². The number of hydrogen-bond donors (Lipinski definition) is 1. The third-order valence-electron chi connectivity index (χ3n) is 5.44. The van der Waals surface area contributed by atoms with Gasteiger partial charge in [-0.3, -0.25) is 4.79 Å². The van der Waals surface area contributed by atoms with Crippen molar-refractivity contribution in [3.8, 4) is 5.75 Å². The second-order valence-electron chi connectivity index (χ2n) is 8.20. The number of hydrogen-bond acceptors (Lipinski definition) is 3. The Bertz CT molecular complexity index is 1190. The van der Waals surface area contributed by atoms with E-state index in [4.69, 9.17) is 9.72 Å². The molecule has 5 nitrogen and oxygen atoms in total. The molecule has 0 aliphatic carbocycles. The van der Waals surface area contributed by atoms with Crippen LogP contribution in [-0.4, -0.2) is 22.1 Å². The quantitative estimate of drug-likeness (QED) is 0.372. The molecule has 32 heavy (non-hydrogen) atoms. The first-order valence-corrected chi connectivity index (χ1v) is 11.0. The topological polar surface area (TPSA) is 56.1 Å². The normalized spacial score (nSPS) is 12.0. The van der Waals surface area contributed by atoms with Gasteiger partial charge < -0.3 is 14.6 Å². The predicted octanol–water partition coefficient (Wildman–Crippen LogP) is 5.61. The Balaban J connectivity index is 1.48. The molecule has 1 unspecified atom stereocenters. The minimum Gasteiger partial charge on any atom is -0.494 e. The van der Waals surface area contributed by atoms with Gasteiger partial charge in [-0.1, -0.05) is 36.4 Å². The second-order valence-corrected chi connectivity index (χ2v) is 8.20. The number of nitrogens with one attached hydrogen (secondary N) is 1. The zero-order valence-electron chi connectivity index (χ0n) is 18.8. The molecule has 0 radical (unpaired) electrons. The molecule has 3 aromatic carbocycles. The van der Waals surface area contributed by atoms with Crippen molar-refractivity contribution in [1.29, 1.82) is 0 Å². The number of aryl methyl sites for hydroxylation is 3. The number of rotatable bonds is 8. The summed E-state index contributed by atoms with van der Waals surface area (Å²) >= 11 is 0. The minimum absolute atomic E-state index is 0.102. The lowest BCUT2D eigenvalue weighted by Gasteiger charge is -2.17. The number of carbonyl (C=O) groups is 1. The lowest BCUT2D eigenvalue weighted by atomic mass is 10.1. The van der Waals surface area contributed by atoms with Crippen LogP contribution in [0.3, 0.4) is 0 Å². The lowest BCUT2D eigenvalue weighted by Crippen LogP contribution is -2.28. The summed E-state index contributed by atoms with van der Waals surface area (Å²) in [5, 5.41) is 3.09. The van der Waals surface area contributed by atoms with Crippen LogP contribution in [-0.2, 0) is 6.54 Å². The lowest BCUT2D eigenvalue weighted by molar-refractivity contribution is 0.0937. The highest BCUT2D eigenvalue weighted by Crippen LogP contribution is 2.22.